The SMILES string of the molecule is CC(=O)C1CC(Oc2ccccn2)CN1C. The molecule has 4 heteroatoms. The molecule has 2 rings (SSSR count). The molecule has 2 atom stereocenters. The van der Waals surface area contributed by atoms with Crippen LogP contribution >= 0.6 is 0 Å². The number of hydrogen-bond donors (Lipinski definition) is 0. The summed E-state index contributed by atoms with van der Waals surface area (Å²) in [5.74, 6) is 0.833. The third-order valence-corrected chi connectivity index (χ3v) is 2.90. The van der Waals surface area contributed by atoms with Gasteiger partial charge in [-0.2, -0.15) is 0 Å². The third kappa shape index (κ3) is 2.39. The van der Waals surface area contributed by atoms with E-state index in [1.165, 1.54) is 0 Å². The van der Waals surface area contributed by atoms with Gasteiger partial charge >= 0.3 is 0 Å². The quantitative estimate of drug-likeness (QED) is 0.765. The minimum absolute atomic E-state index is 0.00582. The fraction of sp³-hybridized carbons (Fsp3) is 0.500. The molecule has 1 aromatic heterocycles. The average Bonchev–Trinajstić information content (AvgIpc) is 2.61. The number of ketones is 1. The van der Waals surface area contributed by atoms with Gasteiger partial charge in [-0.05, 0) is 20.0 Å². The first-order valence-electron chi connectivity index (χ1n) is 5.45. The van der Waals surface area contributed by atoms with E-state index >= 15 is 0 Å². The van der Waals surface area contributed by atoms with E-state index in [1.54, 1.807) is 13.1 Å². The molecule has 4 nitrogen and oxygen atoms in total. The molecule has 1 aliphatic rings. The van der Waals surface area contributed by atoms with Gasteiger partial charge in [0.15, 0.2) is 0 Å². The molecule has 0 bridgehead atoms. The van der Waals surface area contributed by atoms with Crippen LogP contribution in [0.25, 0.3) is 0 Å². The highest BCUT2D eigenvalue weighted by molar-refractivity contribution is 5.81. The maximum Gasteiger partial charge on any atom is 0.213 e. The first-order valence-corrected chi connectivity index (χ1v) is 5.45. The molecule has 2 heterocycles. The lowest BCUT2D eigenvalue weighted by Crippen LogP contribution is -2.31. The van der Waals surface area contributed by atoms with Gasteiger partial charge in [0.25, 0.3) is 0 Å². The standard InChI is InChI=1S/C12H16N2O2/c1-9(15)11-7-10(8-14(11)2)16-12-5-3-4-6-13-12/h3-6,10-11H,7-8H2,1-2H3. The molecular weight excluding hydrogens is 204 g/mol. The zero-order valence-electron chi connectivity index (χ0n) is 9.59. The lowest BCUT2D eigenvalue weighted by atomic mass is 10.1. The van der Waals surface area contributed by atoms with Crippen molar-refractivity contribution in [1.82, 2.24) is 9.88 Å². The molecule has 1 saturated heterocycles. The number of rotatable bonds is 3. The molecule has 0 spiro atoms. The number of carbonyl (C=O) groups excluding carboxylic acids is 1. The van der Waals surface area contributed by atoms with Crippen molar-refractivity contribution in [2.24, 2.45) is 0 Å². The van der Waals surface area contributed by atoms with Crippen LogP contribution in [0.1, 0.15) is 13.3 Å². The van der Waals surface area contributed by atoms with Gasteiger partial charge in [-0.25, -0.2) is 4.98 Å². The van der Waals surface area contributed by atoms with Crippen molar-refractivity contribution < 1.29 is 9.53 Å². The predicted octanol–water partition coefficient (Wildman–Crippen LogP) is 1.12. The Hall–Kier alpha value is -1.42. The number of pyridine rings is 1. The van der Waals surface area contributed by atoms with Crippen LogP contribution in [0.3, 0.4) is 0 Å². The fourth-order valence-electron chi connectivity index (χ4n) is 2.10. The van der Waals surface area contributed by atoms with Crippen molar-refractivity contribution in [3.8, 4) is 5.88 Å². The van der Waals surface area contributed by atoms with Gasteiger partial charge in [0.05, 0.1) is 6.04 Å². The summed E-state index contributed by atoms with van der Waals surface area (Å²) in [4.78, 5) is 17.5. The molecule has 1 fully saturated rings. The van der Waals surface area contributed by atoms with Crippen LogP contribution in [0.4, 0.5) is 0 Å². The summed E-state index contributed by atoms with van der Waals surface area (Å²) in [6, 6.07) is 5.57. The lowest BCUT2D eigenvalue weighted by Gasteiger charge is -2.14. The molecule has 0 saturated carbocycles. The van der Waals surface area contributed by atoms with E-state index in [-0.39, 0.29) is 17.9 Å². The van der Waals surface area contributed by atoms with E-state index in [0.717, 1.165) is 13.0 Å². The summed E-state index contributed by atoms with van der Waals surface area (Å²) in [5.41, 5.74) is 0. The van der Waals surface area contributed by atoms with Gasteiger partial charge in [0, 0.05) is 25.2 Å². The summed E-state index contributed by atoms with van der Waals surface area (Å²) in [5, 5.41) is 0. The molecule has 0 amide bonds. The van der Waals surface area contributed by atoms with Crippen LogP contribution < -0.4 is 4.74 Å². The molecule has 0 N–H and O–H groups in total. The van der Waals surface area contributed by atoms with Crippen LogP contribution in [0, 0.1) is 0 Å². The number of likely N-dealkylation sites (N-methyl/N-ethyl adjacent to an activating group) is 1. The normalized spacial score (nSPS) is 25.6. The Kier molecular flexibility index (Phi) is 3.19. The molecular formula is C12H16N2O2. The summed E-state index contributed by atoms with van der Waals surface area (Å²) in [6.45, 7) is 2.41. The molecule has 0 radical (unpaired) electrons. The van der Waals surface area contributed by atoms with Gasteiger partial charge in [-0.3, -0.25) is 9.69 Å². The summed E-state index contributed by atoms with van der Waals surface area (Å²) in [6.07, 6.45) is 2.52. The Labute approximate surface area is 95.2 Å². The van der Waals surface area contributed by atoms with Gasteiger partial charge < -0.3 is 4.74 Å². The van der Waals surface area contributed by atoms with Gasteiger partial charge in [-0.15, -0.1) is 0 Å². The Morgan fingerprint density at radius 2 is 2.38 bits per heavy atom. The zero-order chi connectivity index (χ0) is 11.5. The van der Waals surface area contributed by atoms with E-state index in [0.29, 0.717) is 5.88 Å². The molecule has 86 valence electrons. The molecule has 0 aliphatic carbocycles. The summed E-state index contributed by atoms with van der Waals surface area (Å²) >= 11 is 0. The number of carbonyl (C=O) groups is 1. The molecule has 1 aromatic rings. The van der Waals surface area contributed by atoms with E-state index in [2.05, 4.69) is 4.98 Å². The summed E-state index contributed by atoms with van der Waals surface area (Å²) in [7, 11) is 1.95. The second-order valence-corrected chi connectivity index (χ2v) is 4.21. The van der Waals surface area contributed by atoms with Crippen molar-refractivity contribution in [3.63, 3.8) is 0 Å². The molecule has 0 aromatic carbocycles. The zero-order valence-corrected chi connectivity index (χ0v) is 9.59. The van der Waals surface area contributed by atoms with Crippen molar-refractivity contribution in [1.29, 1.82) is 0 Å². The predicted molar refractivity (Wildman–Crippen MR) is 60.4 cm³/mol. The Balaban J connectivity index is 1.96. The number of likely N-dealkylation sites (tertiary alicyclic amines) is 1. The summed E-state index contributed by atoms with van der Waals surface area (Å²) < 4.78 is 5.72. The Morgan fingerprint density at radius 1 is 1.56 bits per heavy atom. The van der Waals surface area contributed by atoms with E-state index < -0.39 is 0 Å². The number of hydrogen-bond acceptors (Lipinski definition) is 4. The number of aromatic nitrogens is 1. The first kappa shape index (κ1) is 11.1. The van der Waals surface area contributed by atoms with Crippen molar-refractivity contribution in [3.05, 3.63) is 24.4 Å². The van der Waals surface area contributed by atoms with Gasteiger partial charge in [0.2, 0.25) is 5.88 Å². The van der Waals surface area contributed by atoms with Crippen LogP contribution in [0.2, 0.25) is 0 Å². The topological polar surface area (TPSA) is 42.4 Å². The maximum absolute atomic E-state index is 11.3. The van der Waals surface area contributed by atoms with Crippen LogP contribution in [-0.2, 0) is 4.79 Å². The second kappa shape index (κ2) is 4.61. The minimum Gasteiger partial charge on any atom is -0.473 e. The largest absolute Gasteiger partial charge is 0.473 e. The Morgan fingerprint density at radius 3 is 2.94 bits per heavy atom. The third-order valence-electron chi connectivity index (χ3n) is 2.90. The van der Waals surface area contributed by atoms with Crippen molar-refractivity contribution in [2.45, 2.75) is 25.5 Å². The lowest BCUT2D eigenvalue weighted by molar-refractivity contribution is -0.120. The first-order chi connectivity index (χ1) is 7.66. The molecule has 2 unspecified atom stereocenters. The maximum atomic E-state index is 11.3. The highest BCUT2D eigenvalue weighted by Gasteiger charge is 2.33. The monoisotopic (exact) mass is 220 g/mol. The minimum atomic E-state index is -0.00582. The Bertz CT molecular complexity index is 367. The van der Waals surface area contributed by atoms with E-state index in [1.807, 2.05) is 30.1 Å². The molecule has 16 heavy (non-hydrogen) atoms. The number of nitrogens with zero attached hydrogens (tertiary/aromatic N) is 2. The van der Waals surface area contributed by atoms with Crippen molar-refractivity contribution >= 4 is 5.78 Å². The average molecular weight is 220 g/mol. The highest BCUT2D eigenvalue weighted by atomic mass is 16.5. The van der Waals surface area contributed by atoms with Crippen LogP contribution in [0.5, 0.6) is 5.88 Å². The fourth-order valence-corrected chi connectivity index (χ4v) is 2.10. The number of ether oxygens (including phenoxy) is 1. The van der Waals surface area contributed by atoms with Crippen molar-refractivity contribution in [2.75, 3.05) is 13.6 Å². The van der Waals surface area contributed by atoms with Gasteiger partial charge in [0.1, 0.15) is 11.9 Å². The van der Waals surface area contributed by atoms with E-state index in [4.69, 9.17) is 4.74 Å². The van der Waals surface area contributed by atoms with Crippen LogP contribution in [0.15, 0.2) is 24.4 Å². The molecule has 1 aliphatic heterocycles. The van der Waals surface area contributed by atoms with E-state index in [9.17, 15) is 4.79 Å². The number of Topliss-reactive ketones (excluding diaryl/α,β-unsaturated/α-hetero) is 1. The van der Waals surface area contributed by atoms with Gasteiger partial charge in [-0.1, -0.05) is 6.07 Å². The second-order valence-electron chi connectivity index (χ2n) is 4.21. The smallest absolute Gasteiger partial charge is 0.213 e. The van der Waals surface area contributed by atoms with Crippen LogP contribution in [-0.4, -0.2) is 41.4 Å². The highest BCUT2D eigenvalue weighted by Crippen LogP contribution is 2.20.